The summed E-state index contributed by atoms with van der Waals surface area (Å²) in [7, 11) is 1.30. The summed E-state index contributed by atoms with van der Waals surface area (Å²) in [6.07, 6.45) is -0.533. The number of hydrogen-bond acceptors (Lipinski definition) is 6. The summed E-state index contributed by atoms with van der Waals surface area (Å²) in [5.41, 5.74) is 3.02. The molecule has 1 fully saturated rings. The summed E-state index contributed by atoms with van der Waals surface area (Å²) in [4.78, 5) is 41.2. The van der Waals surface area contributed by atoms with Gasteiger partial charge in [0.1, 0.15) is 12.1 Å². The normalized spacial score (nSPS) is 19.2. The number of likely N-dealkylation sites (N-methyl/N-ethyl adjacent to an activating group) is 1. The molecule has 1 aliphatic heterocycles. The molecule has 0 aromatic heterocycles. The number of amides is 2. The molecule has 2 aliphatic rings. The molecule has 0 spiro atoms. The van der Waals surface area contributed by atoms with E-state index in [0.29, 0.717) is 0 Å². The van der Waals surface area contributed by atoms with Crippen LogP contribution >= 0.6 is 0 Å². The smallest absolute Gasteiger partial charge is 0.408 e. The maximum atomic E-state index is 12.9. The number of hydrogen-bond donors (Lipinski definition) is 2. The summed E-state index contributed by atoms with van der Waals surface area (Å²) in [5, 5.41) is 12.2. The minimum absolute atomic E-state index is 0.0587. The molecule has 2 aromatic carbocycles. The second-order valence-corrected chi connectivity index (χ2v) is 7.81. The van der Waals surface area contributed by atoms with Crippen molar-refractivity contribution in [2.24, 2.45) is 0 Å². The topological polar surface area (TPSA) is 114 Å². The van der Waals surface area contributed by atoms with E-state index in [2.05, 4.69) is 5.32 Å². The molecule has 0 saturated carbocycles. The third-order valence-corrected chi connectivity index (χ3v) is 5.78. The van der Waals surface area contributed by atoms with E-state index in [4.69, 9.17) is 19.4 Å². The van der Waals surface area contributed by atoms with Crippen LogP contribution < -0.4 is 5.32 Å². The predicted molar refractivity (Wildman–Crippen MR) is 113 cm³/mol. The minimum Gasteiger partial charge on any atom is -0.479 e. The molecule has 2 amide bonds. The highest BCUT2D eigenvalue weighted by atomic mass is 16.7. The quantitative estimate of drug-likeness (QED) is 0.634. The standard InChI is InChI=1S/C23H24N2O7/c1-25(32-13-20(26)27)21(28)23(10-11-30-14-23)24-22(29)31-12-19-17-8-4-2-6-15(17)16-7-3-5-9-18(16)19/h2-9,19H,10-14H2,1H3,(H,24,29)(H,26,27). The van der Waals surface area contributed by atoms with E-state index in [1.165, 1.54) is 7.05 Å². The number of hydroxylamine groups is 2. The molecule has 0 radical (unpaired) electrons. The molecule has 1 saturated heterocycles. The number of carboxylic acid groups (broad SMARTS) is 1. The summed E-state index contributed by atoms with van der Waals surface area (Å²) >= 11 is 0. The lowest BCUT2D eigenvalue weighted by Crippen LogP contribution is -2.60. The van der Waals surface area contributed by atoms with Gasteiger partial charge in [-0.1, -0.05) is 48.5 Å². The van der Waals surface area contributed by atoms with Crippen molar-refractivity contribution >= 4 is 18.0 Å². The van der Waals surface area contributed by atoms with E-state index in [9.17, 15) is 14.4 Å². The molecule has 2 N–H and O–H groups in total. The number of nitrogens with zero attached hydrogens (tertiary/aromatic N) is 1. The van der Waals surface area contributed by atoms with Crippen LogP contribution in [-0.4, -0.2) is 67.2 Å². The molecule has 9 heteroatoms. The van der Waals surface area contributed by atoms with Crippen LogP contribution in [0.1, 0.15) is 23.5 Å². The molecule has 9 nitrogen and oxygen atoms in total. The van der Waals surface area contributed by atoms with Gasteiger partial charge in [0.05, 0.1) is 6.61 Å². The van der Waals surface area contributed by atoms with E-state index in [1.807, 2.05) is 48.5 Å². The molecular weight excluding hydrogens is 416 g/mol. The van der Waals surface area contributed by atoms with Gasteiger partial charge in [0, 0.05) is 26.0 Å². The van der Waals surface area contributed by atoms with Gasteiger partial charge in [-0.2, -0.15) is 0 Å². The lowest BCUT2D eigenvalue weighted by molar-refractivity contribution is -0.191. The molecule has 168 valence electrons. The Labute approximate surface area is 184 Å². The van der Waals surface area contributed by atoms with Gasteiger partial charge in [-0.05, 0) is 22.3 Å². The van der Waals surface area contributed by atoms with E-state index < -0.39 is 30.1 Å². The Balaban J connectivity index is 1.44. The van der Waals surface area contributed by atoms with Crippen molar-refractivity contribution in [2.75, 3.05) is 33.5 Å². The first kappa shape index (κ1) is 21.8. The minimum atomic E-state index is -1.38. The molecule has 1 aliphatic carbocycles. The van der Waals surface area contributed by atoms with Gasteiger partial charge in [0.2, 0.25) is 0 Å². The van der Waals surface area contributed by atoms with Crippen LogP contribution in [0.2, 0.25) is 0 Å². The lowest BCUT2D eigenvalue weighted by Gasteiger charge is -2.30. The third-order valence-electron chi connectivity index (χ3n) is 5.78. The molecule has 1 heterocycles. The van der Waals surface area contributed by atoms with Gasteiger partial charge < -0.3 is 19.9 Å². The van der Waals surface area contributed by atoms with Crippen molar-refractivity contribution in [3.05, 3.63) is 59.7 Å². The number of carboxylic acids is 1. The number of alkyl carbamates (subject to hydrolysis) is 1. The Morgan fingerprint density at radius 2 is 1.75 bits per heavy atom. The van der Waals surface area contributed by atoms with Crippen molar-refractivity contribution in [3.8, 4) is 11.1 Å². The van der Waals surface area contributed by atoms with Crippen LogP contribution in [-0.2, 0) is 23.9 Å². The molecule has 4 rings (SSSR count). The number of benzene rings is 2. The molecule has 1 atom stereocenters. The van der Waals surface area contributed by atoms with Crippen molar-refractivity contribution in [3.63, 3.8) is 0 Å². The highest BCUT2D eigenvalue weighted by molar-refractivity contribution is 5.90. The predicted octanol–water partition coefficient (Wildman–Crippen LogP) is 2.16. The van der Waals surface area contributed by atoms with Crippen LogP contribution in [0.5, 0.6) is 0 Å². The molecule has 2 aromatic rings. The van der Waals surface area contributed by atoms with E-state index in [0.717, 1.165) is 27.3 Å². The fourth-order valence-electron chi connectivity index (χ4n) is 4.23. The van der Waals surface area contributed by atoms with Crippen LogP contribution in [0.3, 0.4) is 0 Å². The number of aliphatic carboxylic acids is 1. The van der Waals surface area contributed by atoms with Gasteiger partial charge in [0.25, 0.3) is 5.91 Å². The summed E-state index contributed by atoms with van der Waals surface area (Å²) < 4.78 is 10.9. The number of nitrogens with one attached hydrogen (secondary N) is 1. The second-order valence-electron chi connectivity index (χ2n) is 7.81. The Morgan fingerprint density at radius 1 is 1.12 bits per heavy atom. The van der Waals surface area contributed by atoms with Gasteiger partial charge >= 0.3 is 12.1 Å². The fourth-order valence-corrected chi connectivity index (χ4v) is 4.23. The monoisotopic (exact) mass is 440 g/mol. The molecule has 32 heavy (non-hydrogen) atoms. The fraction of sp³-hybridized carbons (Fsp3) is 0.348. The first-order chi connectivity index (χ1) is 15.4. The van der Waals surface area contributed by atoms with E-state index in [-0.39, 0.29) is 32.2 Å². The first-order valence-corrected chi connectivity index (χ1v) is 10.2. The highest BCUT2D eigenvalue weighted by Crippen LogP contribution is 2.44. The van der Waals surface area contributed by atoms with Gasteiger partial charge in [-0.25, -0.2) is 14.7 Å². The van der Waals surface area contributed by atoms with E-state index >= 15 is 0 Å². The number of fused-ring (bicyclic) bond motifs is 3. The van der Waals surface area contributed by atoms with Crippen molar-refractivity contribution in [1.82, 2.24) is 10.4 Å². The third kappa shape index (κ3) is 4.17. The summed E-state index contributed by atoms with van der Waals surface area (Å²) in [5.74, 6) is -1.93. The number of carbonyl (C=O) groups is 3. The van der Waals surface area contributed by atoms with Crippen LogP contribution in [0.25, 0.3) is 11.1 Å². The zero-order valence-electron chi connectivity index (χ0n) is 17.6. The summed E-state index contributed by atoms with van der Waals surface area (Å²) in [6, 6.07) is 16.0. The largest absolute Gasteiger partial charge is 0.479 e. The average molecular weight is 440 g/mol. The Morgan fingerprint density at radius 3 is 2.31 bits per heavy atom. The lowest BCUT2D eigenvalue weighted by atomic mass is 9.97. The first-order valence-electron chi connectivity index (χ1n) is 10.2. The molecule has 1 unspecified atom stereocenters. The maximum absolute atomic E-state index is 12.9. The number of ether oxygens (including phenoxy) is 2. The average Bonchev–Trinajstić information content (AvgIpc) is 3.39. The van der Waals surface area contributed by atoms with Crippen LogP contribution in [0, 0.1) is 0 Å². The zero-order valence-corrected chi connectivity index (χ0v) is 17.6. The Bertz CT molecular complexity index is 987. The summed E-state index contributed by atoms with van der Waals surface area (Å²) in [6.45, 7) is -0.362. The van der Waals surface area contributed by atoms with Gasteiger partial charge in [-0.3, -0.25) is 9.63 Å². The molecule has 0 bridgehead atoms. The van der Waals surface area contributed by atoms with E-state index in [1.54, 1.807) is 0 Å². The number of rotatable bonds is 7. The highest BCUT2D eigenvalue weighted by Gasteiger charge is 2.46. The van der Waals surface area contributed by atoms with Crippen molar-refractivity contribution in [2.45, 2.75) is 17.9 Å². The Kier molecular flexibility index (Phi) is 6.11. The van der Waals surface area contributed by atoms with Crippen molar-refractivity contribution in [1.29, 1.82) is 0 Å². The van der Waals surface area contributed by atoms with Crippen molar-refractivity contribution < 1.29 is 33.8 Å². The second kappa shape index (κ2) is 8.97. The molecular formula is C23H24N2O7. The SMILES string of the molecule is CN(OCC(=O)O)C(=O)C1(NC(=O)OCC2c3ccccc3-c3ccccc32)CCOC1. The maximum Gasteiger partial charge on any atom is 0.408 e. The number of carbonyl (C=O) groups excluding carboxylic acids is 2. The van der Waals surface area contributed by atoms with Gasteiger partial charge in [0.15, 0.2) is 6.61 Å². The van der Waals surface area contributed by atoms with Crippen LogP contribution in [0.15, 0.2) is 48.5 Å². The van der Waals surface area contributed by atoms with Gasteiger partial charge in [-0.15, -0.1) is 0 Å². The zero-order chi connectivity index (χ0) is 22.7. The Hall–Kier alpha value is -3.43. The van der Waals surface area contributed by atoms with Crippen LogP contribution in [0.4, 0.5) is 4.79 Å².